The Labute approximate surface area is 113 Å². The molecular formula is C14H12BrN3. The fourth-order valence-electron chi connectivity index (χ4n) is 2.02. The standard InChI is InChI=1S/C14H12BrN3/c15-12-4-2-1-3-10(12)8-18-9-17-13-7-11(16)5-6-14(13)18/h1-7,9H,8,16H2. The van der Waals surface area contributed by atoms with E-state index in [0.29, 0.717) is 0 Å². The summed E-state index contributed by atoms with van der Waals surface area (Å²) in [5.74, 6) is 0. The molecule has 3 nitrogen and oxygen atoms in total. The van der Waals surface area contributed by atoms with Gasteiger partial charge < -0.3 is 10.3 Å². The van der Waals surface area contributed by atoms with Crippen LogP contribution in [0.1, 0.15) is 5.56 Å². The first-order valence-electron chi connectivity index (χ1n) is 5.68. The third-order valence-corrected chi connectivity index (χ3v) is 3.72. The molecule has 0 atom stereocenters. The summed E-state index contributed by atoms with van der Waals surface area (Å²) in [7, 11) is 0. The minimum absolute atomic E-state index is 0.744. The average Bonchev–Trinajstić information content (AvgIpc) is 2.74. The summed E-state index contributed by atoms with van der Waals surface area (Å²) in [5.41, 5.74) is 9.76. The zero-order chi connectivity index (χ0) is 12.5. The lowest BCUT2D eigenvalue weighted by Crippen LogP contribution is -1.98. The predicted octanol–water partition coefficient (Wildman–Crippen LogP) is 3.43. The second-order valence-electron chi connectivity index (χ2n) is 4.21. The third kappa shape index (κ3) is 1.99. The molecule has 1 aromatic heterocycles. The van der Waals surface area contributed by atoms with E-state index in [1.807, 2.05) is 42.7 Å². The fraction of sp³-hybridized carbons (Fsp3) is 0.0714. The van der Waals surface area contributed by atoms with Gasteiger partial charge in [-0.2, -0.15) is 0 Å². The molecule has 0 amide bonds. The summed E-state index contributed by atoms with van der Waals surface area (Å²) in [4.78, 5) is 4.37. The Balaban J connectivity index is 2.03. The Hall–Kier alpha value is -1.81. The number of nitrogens with two attached hydrogens (primary N) is 1. The molecule has 18 heavy (non-hydrogen) atoms. The van der Waals surface area contributed by atoms with Crippen LogP contribution in [0, 0.1) is 0 Å². The van der Waals surface area contributed by atoms with Gasteiger partial charge in [0.25, 0.3) is 0 Å². The molecule has 4 heteroatoms. The van der Waals surface area contributed by atoms with Gasteiger partial charge in [0.15, 0.2) is 0 Å². The van der Waals surface area contributed by atoms with Gasteiger partial charge in [-0.05, 0) is 29.8 Å². The van der Waals surface area contributed by atoms with Gasteiger partial charge in [0.05, 0.1) is 23.9 Å². The van der Waals surface area contributed by atoms with E-state index in [2.05, 4.69) is 31.5 Å². The quantitative estimate of drug-likeness (QED) is 0.737. The molecule has 0 aliphatic heterocycles. The molecule has 90 valence electrons. The molecule has 2 aromatic carbocycles. The maximum absolute atomic E-state index is 5.75. The van der Waals surface area contributed by atoms with E-state index in [-0.39, 0.29) is 0 Å². The Kier molecular flexibility index (Phi) is 2.80. The van der Waals surface area contributed by atoms with Crippen molar-refractivity contribution in [2.45, 2.75) is 6.54 Å². The van der Waals surface area contributed by atoms with Gasteiger partial charge in [0.1, 0.15) is 0 Å². The summed E-state index contributed by atoms with van der Waals surface area (Å²) in [6.45, 7) is 0.793. The normalized spacial score (nSPS) is 10.9. The molecule has 0 bridgehead atoms. The molecule has 0 saturated heterocycles. The lowest BCUT2D eigenvalue weighted by atomic mass is 10.2. The van der Waals surface area contributed by atoms with Gasteiger partial charge in [-0.15, -0.1) is 0 Å². The zero-order valence-corrected chi connectivity index (χ0v) is 11.3. The maximum atomic E-state index is 5.75. The minimum Gasteiger partial charge on any atom is -0.399 e. The molecule has 0 radical (unpaired) electrons. The first kappa shape index (κ1) is 11.3. The van der Waals surface area contributed by atoms with Gasteiger partial charge in [0, 0.05) is 10.2 Å². The van der Waals surface area contributed by atoms with Gasteiger partial charge in [-0.1, -0.05) is 34.1 Å². The van der Waals surface area contributed by atoms with Gasteiger partial charge in [-0.3, -0.25) is 0 Å². The van der Waals surface area contributed by atoms with Crippen molar-refractivity contribution < 1.29 is 0 Å². The predicted molar refractivity (Wildman–Crippen MR) is 77.4 cm³/mol. The first-order chi connectivity index (χ1) is 8.74. The minimum atomic E-state index is 0.744. The van der Waals surface area contributed by atoms with Crippen molar-refractivity contribution in [1.29, 1.82) is 0 Å². The number of hydrogen-bond acceptors (Lipinski definition) is 2. The molecule has 1 heterocycles. The largest absolute Gasteiger partial charge is 0.399 e. The smallest absolute Gasteiger partial charge is 0.0961 e. The monoisotopic (exact) mass is 301 g/mol. The highest BCUT2D eigenvalue weighted by Gasteiger charge is 2.05. The summed E-state index contributed by atoms with van der Waals surface area (Å²) in [6, 6.07) is 14.0. The SMILES string of the molecule is Nc1ccc2c(c1)ncn2Cc1ccccc1Br. The first-order valence-corrected chi connectivity index (χ1v) is 6.47. The molecule has 0 saturated carbocycles. The third-order valence-electron chi connectivity index (χ3n) is 2.94. The van der Waals surface area contributed by atoms with Crippen molar-refractivity contribution in [2.75, 3.05) is 5.73 Å². The van der Waals surface area contributed by atoms with E-state index in [4.69, 9.17) is 5.73 Å². The van der Waals surface area contributed by atoms with E-state index >= 15 is 0 Å². The number of fused-ring (bicyclic) bond motifs is 1. The highest BCUT2D eigenvalue weighted by molar-refractivity contribution is 9.10. The van der Waals surface area contributed by atoms with Crippen molar-refractivity contribution in [3.63, 3.8) is 0 Å². The van der Waals surface area contributed by atoms with Crippen molar-refractivity contribution in [1.82, 2.24) is 9.55 Å². The number of anilines is 1. The summed E-state index contributed by atoms with van der Waals surface area (Å²) < 4.78 is 3.23. The molecule has 0 fully saturated rings. The Morgan fingerprint density at radius 3 is 2.83 bits per heavy atom. The number of nitrogens with zero attached hydrogens (tertiary/aromatic N) is 2. The summed E-state index contributed by atoms with van der Waals surface area (Å²) in [6.07, 6.45) is 1.85. The number of imidazole rings is 1. The van der Waals surface area contributed by atoms with Gasteiger partial charge in [-0.25, -0.2) is 4.98 Å². The molecular weight excluding hydrogens is 290 g/mol. The molecule has 0 spiro atoms. The number of hydrogen-bond donors (Lipinski definition) is 1. The van der Waals surface area contributed by atoms with Crippen LogP contribution in [0.2, 0.25) is 0 Å². The molecule has 3 aromatic rings. The van der Waals surface area contributed by atoms with E-state index < -0.39 is 0 Å². The van der Waals surface area contributed by atoms with Crippen LogP contribution in [0.15, 0.2) is 53.3 Å². The summed E-state index contributed by atoms with van der Waals surface area (Å²) in [5, 5.41) is 0. The van der Waals surface area contributed by atoms with E-state index in [1.54, 1.807) is 0 Å². The van der Waals surface area contributed by atoms with Crippen LogP contribution < -0.4 is 5.73 Å². The summed E-state index contributed by atoms with van der Waals surface area (Å²) >= 11 is 3.56. The lowest BCUT2D eigenvalue weighted by Gasteiger charge is -2.06. The maximum Gasteiger partial charge on any atom is 0.0961 e. The highest BCUT2D eigenvalue weighted by atomic mass is 79.9. The number of rotatable bonds is 2. The highest BCUT2D eigenvalue weighted by Crippen LogP contribution is 2.21. The number of nitrogen functional groups attached to an aromatic ring is 1. The number of benzene rings is 2. The van der Waals surface area contributed by atoms with Gasteiger partial charge >= 0.3 is 0 Å². The molecule has 2 N–H and O–H groups in total. The second-order valence-corrected chi connectivity index (χ2v) is 5.07. The zero-order valence-electron chi connectivity index (χ0n) is 9.68. The van der Waals surface area contributed by atoms with Crippen LogP contribution in [-0.4, -0.2) is 9.55 Å². The van der Waals surface area contributed by atoms with E-state index in [9.17, 15) is 0 Å². The second kappa shape index (κ2) is 4.46. The van der Waals surface area contributed by atoms with Crippen LogP contribution in [0.4, 0.5) is 5.69 Å². The Morgan fingerprint density at radius 2 is 2.00 bits per heavy atom. The lowest BCUT2D eigenvalue weighted by molar-refractivity contribution is 0.821. The van der Waals surface area contributed by atoms with Gasteiger partial charge in [0.2, 0.25) is 0 Å². The van der Waals surface area contributed by atoms with Crippen molar-refractivity contribution >= 4 is 32.7 Å². The Bertz CT molecular complexity index is 703. The van der Waals surface area contributed by atoms with Crippen LogP contribution in [-0.2, 0) is 6.54 Å². The molecule has 0 unspecified atom stereocenters. The van der Waals surface area contributed by atoms with Crippen LogP contribution in [0.3, 0.4) is 0 Å². The van der Waals surface area contributed by atoms with E-state index in [1.165, 1.54) is 5.56 Å². The molecule has 3 rings (SSSR count). The van der Waals surface area contributed by atoms with Crippen molar-refractivity contribution in [2.24, 2.45) is 0 Å². The van der Waals surface area contributed by atoms with Crippen LogP contribution in [0.25, 0.3) is 11.0 Å². The van der Waals surface area contributed by atoms with Crippen molar-refractivity contribution in [3.05, 3.63) is 58.8 Å². The topological polar surface area (TPSA) is 43.8 Å². The molecule has 0 aliphatic carbocycles. The average molecular weight is 302 g/mol. The van der Waals surface area contributed by atoms with E-state index in [0.717, 1.165) is 27.7 Å². The Morgan fingerprint density at radius 1 is 1.17 bits per heavy atom. The number of aromatic nitrogens is 2. The van der Waals surface area contributed by atoms with Crippen LogP contribution >= 0.6 is 15.9 Å². The van der Waals surface area contributed by atoms with Crippen LogP contribution in [0.5, 0.6) is 0 Å². The van der Waals surface area contributed by atoms with Crippen molar-refractivity contribution in [3.8, 4) is 0 Å². The fourth-order valence-corrected chi connectivity index (χ4v) is 2.43. The molecule has 0 aliphatic rings. The number of halogens is 1.